The second-order valence-electron chi connectivity index (χ2n) is 6.94. The average molecular weight is 387 g/mol. The van der Waals surface area contributed by atoms with E-state index in [1.165, 1.54) is 23.8 Å². The minimum Gasteiger partial charge on any atom is -0.478 e. The summed E-state index contributed by atoms with van der Waals surface area (Å²) in [5.41, 5.74) is 1.55. The predicted octanol–water partition coefficient (Wildman–Crippen LogP) is 3.68. The van der Waals surface area contributed by atoms with Crippen LogP contribution in [0.4, 0.5) is 0 Å². The number of carbonyl (C=O) groups excluding carboxylic acids is 1. The van der Waals surface area contributed by atoms with Crippen molar-refractivity contribution >= 4 is 23.5 Å². The maximum atomic E-state index is 12.5. The first-order valence-corrected chi connectivity index (χ1v) is 9.48. The van der Waals surface area contributed by atoms with Gasteiger partial charge < -0.3 is 10.4 Å². The van der Waals surface area contributed by atoms with Gasteiger partial charge in [-0.05, 0) is 49.1 Å². The number of hydrogen-bond acceptors (Lipinski definition) is 3. The van der Waals surface area contributed by atoms with E-state index in [0.29, 0.717) is 12.5 Å². The van der Waals surface area contributed by atoms with Crippen molar-refractivity contribution in [3.63, 3.8) is 0 Å². The maximum absolute atomic E-state index is 12.5. The molecule has 3 rings (SSSR count). The molecular formula is C21H23ClN2O3. The van der Waals surface area contributed by atoms with Gasteiger partial charge in [-0.25, -0.2) is 4.79 Å². The normalized spacial score (nSPS) is 17.4. The van der Waals surface area contributed by atoms with Gasteiger partial charge in [-0.1, -0.05) is 41.9 Å². The summed E-state index contributed by atoms with van der Waals surface area (Å²) in [4.78, 5) is 26.0. The molecule has 1 fully saturated rings. The number of benzene rings is 2. The minimum absolute atomic E-state index is 0.0521. The number of carboxylic acid groups (broad SMARTS) is 1. The molecule has 1 heterocycles. The molecule has 1 amide bonds. The zero-order valence-electron chi connectivity index (χ0n) is 15.0. The minimum atomic E-state index is -1.08. The van der Waals surface area contributed by atoms with E-state index in [4.69, 9.17) is 16.7 Å². The fourth-order valence-electron chi connectivity index (χ4n) is 3.47. The highest BCUT2D eigenvalue weighted by Gasteiger charge is 2.21. The lowest BCUT2D eigenvalue weighted by atomic mass is 9.97. The molecule has 27 heavy (non-hydrogen) atoms. The first kappa shape index (κ1) is 19.4. The number of likely N-dealkylation sites (tertiary alicyclic amines) is 1. The van der Waals surface area contributed by atoms with Crippen LogP contribution in [0.15, 0.2) is 48.5 Å². The molecule has 142 valence electrons. The molecule has 0 radical (unpaired) electrons. The van der Waals surface area contributed by atoms with Crippen LogP contribution in [0, 0.1) is 5.92 Å². The molecule has 1 saturated heterocycles. The number of carboxylic acids is 1. The lowest BCUT2D eigenvalue weighted by molar-refractivity contribution is 0.0697. The largest absolute Gasteiger partial charge is 0.478 e. The quantitative estimate of drug-likeness (QED) is 0.794. The first-order valence-electron chi connectivity index (χ1n) is 9.10. The van der Waals surface area contributed by atoms with E-state index >= 15 is 0 Å². The SMILES string of the molecule is O=C(O)c1ccc(Cl)c(C(=O)NCC2CCCN(Cc3ccccc3)C2)c1. The molecular weight excluding hydrogens is 364 g/mol. The Labute approximate surface area is 163 Å². The summed E-state index contributed by atoms with van der Waals surface area (Å²) in [5, 5.41) is 12.3. The van der Waals surface area contributed by atoms with E-state index in [-0.39, 0.29) is 22.1 Å². The van der Waals surface area contributed by atoms with Crippen LogP contribution in [0.1, 0.15) is 39.1 Å². The molecule has 5 nitrogen and oxygen atoms in total. The Balaban J connectivity index is 1.55. The Hall–Kier alpha value is -2.37. The van der Waals surface area contributed by atoms with Crippen LogP contribution in [0.2, 0.25) is 5.02 Å². The second-order valence-corrected chi connectivity index (χ2v) is 7.35. The molecule has 1 aliphatic rings. The molecule has 0 aliphatic carbocycles. The van der Waals surface area contributed by atoms with Crippen LogP contribution >= 0.6 is 11.6 Å². The monoisotopic (exact) mass is 386 g/mol. The van der Waals surface area contributed by atoms with E-state index in [2.05, 4.69) is 22.3 Å². The van der Waals surface area contributed by atoms with Crippen molar-refractivity contribution in [2.45, 2.75) is 19.4 Å². The van der Waals surface area contributed by atoms with Gasteiger partial charge in [0.05, 0.1) is 16.1 Å². The van der Waals surface area contributed by atoms with Gasteiger partial charge in [0.2, 0.25) is 0 Å². The summed E-state index contributed by atoms with van der Waals surface area (Å²) < 4.78 is 0. The van der Waals surface area contributed by atoms with Crippen molar-refractivity contribution in [3.05, 3.63) is 70.2 Å². The highest BCUT2D eigenvalue weighted by Crippen LogP contribution is 2.20. The van der Waals surface area contributed by atoms with Crippen molar-refractivity contribution in [2.24, 2.45) is 5.92 Å². The Bertz CT molecular complexity index is 810. The number of amides is 1. The van der Waals surface area contributed by atoms with E-state index < -0.39 is 5.97 Å². The third kappa shape index (κ3) is 5.31. The number of piperidine rings is 1. The molecule has 1 unspecified atom stereocenters. The third-order valence-electron chi connectivity index (χ3n) is 4.86. The summed E-state index contributed by atoms with van der Waals surface area (Å²) in [5.74, 6) is -1.04. The number of halogens is 1. The Morgan fingerprint density at radius 2 is 1.96 bits per heavy atom. The second kappa shape index (κ2) is 9.02. The van der Waals surface area contributed by atoms with Crippen molar-refractivity contribution in [2.75, 3.05) is 19.6 Å². The van der Waals surface area contributed by atoms with Gasteiger partial charge in [0.25, 0.3) is 5.91 Å². The van der Waals surface area contributed by atoms with E-state index in [9.17, 15) is 9.59 Å². The molecule has 0 saturated carbocycles. The van der Waals surface area contributed by atoms with Crippen molar-refractivity contribution < 1.29 is 14.7 Å². The molecule has 2 aromatic carbocycles. The van der Waals surface area contributed by atoms with Crippen LogP contribution in [0.3, 0.4) is 0 Å². The third-order valence-corrected chi connectivity index (χ3v) is 5.19. The van der Waals surface area contributed by atoms with E-state index in [1.807, 2.05) is 18.2 Å². The predicted molar refractivity (Wildman–Crippen MR) is 105 cm³/mol. The summed E-state index contributed by atoms with van der Waals surface area (Å²) in [6.07, 6.45) is 2.16. The maximum Gasteiger partial charge on any atom is 0.335 e. The Morgan fingerprint density at radius 1 is 1.19 bits per heavy atom. The van der Waals surface area contributed by atoms with Crippen molar-refractivity contribution in [1.82, 2.24) is 10.2 Å². The lowest BCUT2D eigenvalue weighted by Crippen LogP contribution is -2.40. The summed E-state index contributed by atoms with van der Waals surface area (Å²) in [7, 11) is 0. The number of nitrogens with one attached hydrogen (secondary N) is 1. The van der Waals surface area contributed by atoms with Gasteiger partial charge in [0.15, 0.2) is 0 Å². The number of nitrogens with zero attached hydrogens (tertiary/aromatic N) is 1. The molecule has 2 aromatic rings. The van der Waals surface area contributed by atoms with Crippen LogP contribution in [0.25, 0.3) is 0 Å². The van der Waals surface area contributed by atoms with Gasteiger partial charge in [-0.15, -0.1) is 0 Å². The van der Waals surface area contributed by atoms with Crippen molar-refractivity contribution in [1.29, 1.82) is 0 Å². The zero-order valence-corrected chi connectivity index (χ0v) is 15.8. The summed E-state index contributed by atoms with van der Waals surface area (Å²) in [6, 6.07) is 14.5. The zero-order chi connectivity index (χ0) is 19.2. The highest BCUT2D eigenvalue weighted by molar-refractivity contribution is 6.34. The van der Waals surface area contributed by atoms with Crippen LogP contribution in [-0.2, 0) is 6.54 Å². The number of hydrogen-bond donors (Lipinski definition) is 2. The molecule has 0 spiro atoms. The van der Waals surface area contributed by atoms with E-state index in [1.54, 1.807) is 0 Å². The van der Waals surface area contributed by atoms with Crippen LogP contribution in [0.5, 0.6) is 0 Å². The molecule has 1 aliphatic heterocycles. The number of rotatable bonds is 6. The van der Waals surface area contributed by atoms with Crippen molar-refractivity contribution in [3.8, 4) is 0 Å². The molecule has 2 N–H and O–H groups in total. The smallest absolute Gasteiger partial charge is 0.335 e. The highest BCUT2D eigenvalue weighted by atomic mass is 35.5. The number of carbonyl (C=O) groups is 2. The van der Waals surface area contributed by atoms with Gasteiger partial charge >= 0.3 is 5.97 Å². The van der Waals surface area contributed by atoms with Crippen LogP contribution in [-0.4, -0.2) is 41.5 Å². The molecule has 1 atom stereocenters. The summed E-state index contributed by atoms with van der Waals surface area (Å²) in [6.45, 7) is 3.46. The molecule has 0 bridgehead atoms. The average Bonchev–Trinajstić information content (AvgIpc) is 2.67. The Kier molecular flexibility index (Phi) is 6.48. The molecule has 0 aromatic heterocycles. The van der Waals surface area contributed by atoms with Gasteiger partial charge in [0, 0.05) is 19.6 Å². The lowest BCUT2D eigenvalue weighted by Gasteiger charge is -2.32. The fourth-order valence-corrected chi connectivity index (χ4v) is 3.67. The first-order chi connectivity index (χ1) is 13.0. The molecule has 6 heteroatoms. The van der Waals surface area contributed by atoms with Gasteiger partial charge in [-0.3, -0.25) is 9.69 Å². The van der Waals surface area contributed by atoms with Crippen LogP contribution < -0.4 is 5.32 Å². The summed E-state index contributed by atoms with van der Waals surface area (Å²) >= 11 is 6.07. The van der Waals surface area contributed by atoms with Gasteiger partial charge in [0.1, 0.15) is 0 Å². The Morgan fingerprint density at radius 3 is 2.70 bits per heavy atom. The fraction of sp³-hybridized carbons (Fsp3) is 0.333. The topological polar surface area (TPSA) is 69.6 Å². The van der Waals surface area contributed by atoms with Gasteiger partial charge in [-0.2, -0.15) is 0 Å². The standard InChI is InChI=1S/C21H23ClN2O3/c22-19-9-8-17(21(26)27)11-18(19)20(25)23-12-16-7-4-10-24(14-16)13-15-5-2-1-3-6-15/h1-3,5-6,8-9,11,16H,4,7,10,12-14H2,(H,23,25)(H,26,27). The number of aromatic carboxylic acids is 1. The van der Waals surface area contributed by atoms with E-state index in [0.717, 1.165) is 32.5 Å².